The van der Waals surface area contributed by atoms with Crippen LogP contribution in [-0.4, -0.2) is 34.3 Å². The van der Waals surface area contributed by atoms with E-state index in [2.05, 4.69) is 106 Å². The molecule has 3 heterocycles. The monoisotopic (exact) mass is 504 g/mol. The second kappa shape index (κ2) is 7.87. The molecule has 3 aliphatic rings. The molecule has 6 heteroatoms. The third-order valence-electron chi connectivity index (χ3n) is 7.48. The Hall–Kier alpha value is -2.25. The molecule has 3 unspecified atom stereocenters. The first-order valence-electron chi connectivity index (χ1n) is 12.5. The molecule has 0 aliphatic carbocycles. The quantitative estimate of drug-likeness (QED) is 0.431. The maximum absolute atomic E-state index is 7.19. The van der Waals surface area contributed by atoms with Crippen molar-refractivity contribution >= 4 is 11.6 Å². The van der Waals surface area contributed by atoms with E-state index in [0.29, 0.717) is 11.6 Å². The van der Waals surface area contributed by atoms with Crippen molar-refractivity contribution in [1.82, 2.24) is 10.4 Å². The second-order valence-corrected chi connectivity index (χ2v) is 12.1. The SMILES string of the molecule is CC1(C)COC2(N1)ON(C(C)(C)C)C(c1ccc(Cl)cc1)C21OC1(c1ccccc1)c1ccccc1. The van der Waals surface area contributed by atoms with E-state index < -0.39 is 17.1 Å². The van der Waals surface area contributed by atoms with E-state index in [1.807, 2.05) is 24.3 Å². The lowest BCUT2D eigenvalue weighted by atomic mass is 9.73. The number of hydrogen-bond donors (Lipinski definition) is 1. The number of nitrogens with one attached hydrogen (secondary N) is 1. The molecule has 36 heavy (non-hydrogen) atoms. The summed E-state index contributed by atoms with van der Waals surface area (Å²) < 4.78 is 13.9. The fraction of sp³-hybridized carbons (Fsp3) is 0.400. The number of halogens is 1. The van der Waals surface area contributed by atoms with Crippen LogP contribution in [0.4, 0.5) is 0 Å². The predicted molar refractivity (Wildman–Crippen MR) is 140 cm³/mol. The summed E-state index contributed by atoms with van der Waals surface area (Å²) in [5.74, 6) is -1.21. The van der Waals surface area contributed by atoms with Crippen LogP contribution in [0.5, 0.6) is 0 Å². The average Bonchev–Trinajstić information content (AvgIpc) is 3.35. The van der Waals surface area contributed by atoms with Crippen LogP contribution in [0.25, 0.3) is 0 Å². The van der Waals surface area contributed by atoms with Crippen molar-refractivity contribution in [3.8, 4) is 0 Å². The molecule has 3 aromatic carbocycles. The van der Waals surface area contributed by atoms with Gasteiger partial charge >= 0.3 is 0 Å². The molecule has 1 N–H and O–H groups in total. The highest BCUT2D eigenvalue weighted by Crippen LogP contribution is 2.75. The van der Waals surface area contributed by atoms with Crippen LogP contribution in [0.2, 0.25) is 5.02 Å². The van der Waals surface area contributed by atoms with E-state index >= 15 is 0 Å². The Kier molecular flexibility index (Phi) is 5.27. The molecule has 0 bridgehead atoms. The molecule has 3 atom stereocenters. The molecule has 0 saturated carbocycles. The standard InChI is InChI=1S/C30H33ClN2O3/c1-26(2,3)33-25(21-16-18-24(31)19-17-21)29(30(36-33)32-27(4,5)20-34-30)28(35-29,22-12-8-6-9-13-22)23-14-10-7-11-15-23/h6-19,25,32H,20H2,1-5H3. The number of epoxide rings is 1. The first kappa shape index (κ1) is 24.1. The zero-order valence-electron chi connectivity index (χ0n) is 21.4. The van der Waals surface area contributed by atoms with Crippen molar-refractivity contribution in [2.45, 2.75) is 68.9 Å². The van der Waals surface area contributed by atoms with E-state index in [1.165, 1.54) is 0 Å². The molecule has 3 saturated heterocycles. The van der Waals surface area contributed by atoms with Gasteiger partial charge in [0.1, 0.15) is 6.04 Å². The van der Waals surface area contributed by atoms with Gasteiger partial charge < -0.3 is 9.47 Å². The number of nitrogens with zero attached hydrogens (tertiary/aromatic N) is 1. The Bertz CT molecular complexity index is 1220. The predicted octanol–water partition coefficient (Wildman–Crippen LogP) is 6.19. The summed E-state index contributed by atoms with van der Waals surface area (Å²) in [5.41, 5.74) is 0.758. The molecule has 0 amide bonds. The minimum absolute atomic E-state index is 0.295. The first-order valence-corrected chi connectivity index (χ1v) is 12.9. The summed E-state index contributed by atoms with van der Waals surface area (Å²) >= 11 is 6.32. The van der Waals surface area contributed by atoms with Crippen LogP contribution < -0.4 is 5.32 Å². The Morgan fingerprint density at radius 1 is 0.861 bits per heavy atom. The third kappa shape index (κ3) is 3.27. The number of ether oxygens (including phenoxy) is 2. The minimum Gasteiger partial charge on any atom is -0.342 e. The molecule has 6 rings (SSSR count). The van der Waals surface area contributed by atoms with Gasteiger partial charge in [-0.1, -0.05) is 84.4 Å². The highest BCUT2D eigenvalue weighted by atomic mass is 35.5. The van der Waals surface area contributed by atoms with Crippen LogP contribution in [0.1, 0.15) is 57.4 Å². The number of rotatable bonds is 3. The molecule has 3 fully saturated rings. The zero-order chi connectivity index (χ0) is 25.4. The average molecular weight is 505 g/mol. The molecule has 3 aliphatic heterocycles. The van der Waals surface area contributed by atoms with Gasteiger partial charge in [0.05, 0.1) is 6.61 Å². The van der Waals surface area contributed by atoms with Gasteiger partial charge in [-0.3, -0.25) is 5.32 Å². The molecule has 0 aromatic heterocycles. The van der Waals surface area contributed by atoms with E-state index in [9.17, 15) is 0 Å². The molecule has 188 valence electrons. The molecular weight excluding hydrogens is 472 g/mol. The highest BCUT2D eigenvalue weighted by Gasteiger charge is 2.91. The molecular formula is C30H33ClN2O3. The second-order valence-electron chi connectivity index (χ2n) is 11.7. The van der Waals surface area contributed by atoms with Gasteiger partial charge in [0.15, 0.2) is 11.2 Å². The van der Waals surface area contributed by atoms with Crippen molar-refractivity contribution in [2.75, 3.05) is 6.61 Å². The number of fused-ring (bicyclic) bond motifs is 1. The maximum Gasteiger partial charge on any atom is 0.281 e. The van der Waals surface area contributed by atoms with Gasteiger partial charge in [-0.2, -0.15) is 5.06 Å². The van der Waals surface area contributed by atoms with Gasteiger partial charge in [0.25, 0.3) is 5.91 Å². The van der Waals surface area contributed by atoms with Crippen molar-refractivity contribution < 1.29 is 14.3 Å². The molecule has 5 nitrogen and oxygen atoms in total. The smallest absolute Gasteiger partial charge is 0.281 e. The Morgan fingerprint density at radius 2 is 1.42 bits per heavy atom. The van der Waals surface area contributed by atoms with E-state index in [0.717, 1.165) is 16.7 Å². The van der Waals surface area contributed by atoms with Gasteiger partial charge in [0.2, 0.25) is 0 Å². The summed E-state index contributed by atoms with van der Waals surface area (Å²) in [5, 5.41) is 6.47. The van der Waals surface area contributed by atoms with Crippen LogP contribution in [0.15, 0.2) is 84.9 Å². The molecule has 0 radical (unpaired) electrons. The topological polar surface area (TPSA) is 46.3 Å². The molecule has 3 aromatic rings. The third-order valence-corrected chi connectivity index (χ3v) is 7.73. The highest BCUT2D eigenvalue weighted by molar-refractivity contribution is 6.30. The number of benzene rings is 3. The van der Waals surface area contributed by atoms with Crippen LogP contribution in [0.3, 0.4) is 0 Å². The summed E-state index contributed by atoms with van der Waals surface area (Å²) in [4.78, 5) is 6.93. The summed E-state index contributed by atoms with van der Waals surface area (Å²) in [6.07, 6.45) is 0. The van der Waals surface area contributed by atoms with E-state index in [1.54, 1.807) is 0 Å². The fourth-order valence-corrected chi connectivity index (χ4v) is 6.14. The fourth-order valence-electron chi connectivity index (χ4n) is 6.01. The summed E-state index contributed by atoms with van der Waals surface area (Å²) in [7, 11) is 0. The Labute approximate surface area is 218 Å². The number of hydroxylamine groups is 2. The summed E-state index contributed by atoms with van der Waals surface area (Å²) in [6.45, 7) is 11.2. The Morgan fingerprint density at radius 3 is 1.89 bits per heavy atom. The largest absolute Gasteiger partial charge is 0.342 e. The van der Waals surface area contributed by atoms with Crippen LogP contribution in [0, 0.1) is 0 Å². The summed E-state index contributed by atoms with van der Waals surface area (Å²) in [6, 6.07) is 28.5. The van der Waals surface area contributed by atoms with Gasteiger partial charge in [-0.05, 0) is 63.4 Å². The maximum atomic E-state index is 7.19. The van der Waals surface area contributed by atoms with Crippen molar-refractivity contribution in [1.29, 1.82) is 0 Å². The van der Waals surface area contributed by atoms with Crippen molar-refractivity contribution in [3.63, 3.8) is 0 Å². The van der Waals surface area contributed by atoms with Crippen LogP contribution in [-0.2, 0) is 19.9 Å². The lowest BCUT2D eigenvalue weighted by molar-refractivity contribution is -0.329. The lowest BCUT2D eigenvalue weighted by Crippen LogP contribution is -2.59. The number of hydrogen-bond acceptors (Lipinski definition) is 5. The van der Waals surface area contributed by atoms with Crippen LogP contribution >= 0.6 is 11.6 Å². The van der Waals surface area contributed by atoms with Gasteiger partial charge in [-0.15, -0.1) is 0 Å². The Balaban J connectivity index is 1.66. The molecule has 2 spiro atoms. The van der Waals surface area contributed by atoms with E-state index in [4.69, 9.17) is 25.9 Å². The van der Waals surface area contributed by atoms with Gasteiger partial charge in [-0.25, -0.2) is 4.84 Å². The van der Waals surface area contributed by atoms with Crippen molar-refractivity contribution in [2.24, 2.45) is 0 Å². The zero-order valence-corrected chi connectivity index (χ0v) is 22.2. The van der Waals surface area contributed by atoms with Crippen molar-refractivity contribution in [3.05, 3.63) is 107 Å². The minimum atomic E-state index is -1.21. The van der Waals surface area contributed by atoms with Gasteiger partial charge in [0, 0.05) is 16.1 Å². The lowest BCUT2D eigenvalue weighted by Gasteiger charge is -2.35. The van der Waals surface area contributed by atoms with E-state index in [-0.39, 0.29) is 17.1 Å². The first-order chi connectivity index (χ1) is 17.0. The normalized spacial score (nSPS) is 30.8.